The molecule has 0 aliphatic carbocycles. The van der Waals surface area contributed by atoms with Crippen LogP contribution in [0.5, 0.6) is 5.75 Å². The minimum absolute atomic E-state index is 0.145. The largest absolute Gasteiger partial charge is 0.506 e. The third-order valence-electron chi connectivity index (χ3n) is 4.26. The first kappa shape index (κ1) is 13.7. The second-order valence-corrected chi connectivity index (χ2v) is 5.88. The number of aromatic hydroxyl groups is 1. The zero-order valence-corrected chi connectivity index (χ0v) is 13.1. The summed E-state index contributed by atoms with van der Waals surface area (Å²) < 4.78 is 0. The van der Waals surface area contributed by atoms with E-state index in [0.29, 0.717) is 0 Å². The van der Waals surface area contributed by atoms with Crippen LogP contribution in [0.15, 0.2) is 61.1 Å². The normalized spacial score (nSPS) is 11.4. The van der Waals surface area contributed by atoms with E-state index in [0.717, 1.165) is 44.5 Å². The van der Waals surface area contributed by atoms with Crippen molar-refractivity contribution in [2.75, 3.05) is 0 Å². The van der Waals surface area contributed by atoms with Crippen LogP contribution in [-0.2, 0) is 0 Å². The first-order valence-electron chi connectivity index (χ1n) is 7.84. The first-order chi connectivity index (χ1) is 12.3. The maximum Gasteiger partial charge on any atom is 0.134 e. The fourth-order valence-electron chi connectivity index (χ4n) is 3.07. The maximum atomic E-state index is 9.67. The van der Waals surface area contributed by atoms with Crippen molar-refractivity contribution < 1.29 is 5.11 Å². The summed E-state index contributed by atoms with van der Waals surface area (Å²) in [7, 11) is 0. The number of nitrogens with zero attached hydrogens (tertiary/aromatic N) is 3. The Morgan fingerprint density at radius 1 is 0.920 bits per heavy atom. The Kier molecular flexibility index (Phi) is 2.84. The smallest absolute Gasteiger partial charge is 0.134 e. The average Bonchev–Trinajstić information content (AvgIpc) is 3.24. The van der Waals surface area contributed by atoms with Gasteiger partial charge < -0.3 is 10.1 Å². The molecule has 4 heterocycles. The summed E-state index contributed by atoms with van der Waals surface area (Å²) in [6, 6.07) is 13.6. The Balaban J connectivity index is 1.70. The number of rotatable bonds is 2. The van der Waals surface area contributed by atoms with Crippen molar-refractivity contribution in [3.8, 4) is 28.3 Å². The molecular weight excluding hydrogens is 314 g/mol. The van der Waals surface area contributed by atoms with Crippen LogP contribution >= 0.6 is 0 Å². The molecule has 0 radical (unpaired) electrons. The summed E-state index contributed by atoms with van der Waals surface area (Å²) in [5, 5.41) is 18.2. The van der Waals surface area contributed by atoms with E-state index in [9.17, 15) is 5.11 Å². The number of aromatic nitrogens is 5. The Bertz CT molecular complexity index is 1190. The van der Waals surface area contributed by atoms with E-state index in [1.807, 2.05) is 36.4 Å². The molecule has 6 heteroatoms. The highest BCUT2D eigenvalue weighted by atomic mass is 16.3. The SMILES string of the molecule is Oc1cncc(-c2ccc3[nH]nc(-c4cc5ncccc5[nH]4)c3c2)c1. The van der Waals surface area contributed by atoms with E-state index in [1.165, 1.54) is 6.20 Å². The topological polar surface area (TPSA) is 90.5 Å². The quantitative estimate of drug-likeness (QED) is 0.459. The van der Waals surface area contributed by atoms with E-state index >= 15 is 0 Å². The molecule has 0 spiro atoms. The Morgan fingerprint density at radius 2 is 1.88 bits per heavy atom. The number of pyridine rings is 2. The van der Waals surface area contributed by atoms with Gasteiger partial charge in [0.1, 0.15) is 11.4 Å². The average molecular weight is 327 g/mol. The van der Waals surface area contributed by atoms with Crippen LogP contribution in [0.3, 0.4) is 0 Å². The molecule has 25 heavy (non-hydrogen) atoms. The van der Waals surface area contributed by atoms with Gasteiger partial charge in [0.25, 0.3) is 0 Å². The second-order valence-electron chi connectivity index (χ2n) is 5.88. The first-order valence-corrected chi connectivity index (χ1v) is 7.84. The standard InChI is InChI=1S/C19H13N5O/c25-13-6-12(9-20-10-13)11-3-4-15-14(7-11)19(24-23-15)18-8-17-16(22-18)2-1-5-21-17/h1-10,22,25H,(H,23,24). The number of aromatic amines is 2. The van der Waals surface area contributed by atoms with Gasteiger partial charge in [-0.1, -0.05) is 6.07 Å². The third kappa shape index (κ3) is 2.23. The monoisotopic (exact) mass is 327 g/mol. The molecule has 0 saturated heterocycles. The minimum Gasteiger partial charge on any atom is -0.506 e. The van der Waals surface area contributed by atoms with Gasteiger partial charge in [0.05, 0.1) is 28.4 Å². The Hall–Kier alpha value is -3.67. The highest BCUT2D eigenvalue weighted by molar-refractivity contribution is 5.97. The molecule has 0 saturated carbocycles. The summed E-state index contributed by atoms with van der Waals surface area (Å²) in [5.41, 5.74) is 6.39. The van der Waals surface area contributed by atoms with Gasteiger partial charge >= 0.3 is 0 Å². The molecule has 0 unspecified atom stereocenters. The van der Waals surface area contributed by atoms with Crippen molar-refractivity contribution in [1.82, 2.24) is 25.1 Å². The van der Waals surface area contributed by atoms with E-state index in [4.69, 9.17) is 0 Å². The molecule has 6 nitrogen and oxygen atoms in total. The van der Waals surface area contributed by atoms with Crippen LogP contribution in [-0.4, -0.2) is 30.3 Å². The lowest BCUT2D eigenvalue weighted by molar-refractivity contribution is 0.473. The number of hydrogen-bond acceptors (Lipinski definition) is 4. The molecule has 3 N–H and O–H groups in total. The van der Waals surface area contributed by atoms with Crippen molar-refractivity contribution in [3.05, 3.63) is 61.1 Å². The second kappa shape index (κ2) is 5.17. The lowest BCUT2D eigenvalue weighted by Crippen LogP contribution is -1.81. The van der Waals surface area contributed by atoms with Crippen molar-refractivity contribution in [1.29, 1.82) is 0 Å². The molecule has 5 aromatic rings. The molecule has 4 aromatic heterocycles. The lowest BCUT2D eigenvalue weighted by atomic mass is 10.0. The molecular formula is C19H13N5O. The molecule has 0 fully saturated rings. The molecule has 0 amide bonds. The predicted molar refractivity (Wildman–Crippen MR) is 96.1 cm³/mol. The zero-order valence-electron chi connectivity index (χ0n) is 13.1. The molecule has 0 bridgehead atoms. The summed E-state index contributed by atoms with van der Waals surface area (Å²) in [4.78, 5) is 11.8. The molecule has 0 atom stereocenters. The van der Waals surface area contributed by atoms with Gasteiger partial charge in [0, 0.05) is 23.3 Å². The van der Waals surface area contributed by atoms with Gasteiger partial charge in [-0.15, -0.1) is 0 Å². The van der Waals surface area contributed by atoms with Crippen LogP contribution in [0.4, 0.5) is 0 Å². The number of benzene rings is 1. The van der Waals surface area contributed by atoms with Gasteiger partial charge in [0.15, 0.2) is 0 Å². The lowest BCUT2D eigenvalue weighted by Gasteiger charge is -2.02. The number of H-pyrrole nitrogens is 2. The predicted octanol–water partition coefficient (Wildman–Crippen LogP) is 3.87. The summed E-state index contributed by atoms with van der Waals surface area (Å²) >= 11 is 0. The molecule has 120 valence electrons. The molecule has 1 aromatic carbocycles. The van der Waals surface area contributed by atoms with E-state index < -0.39 is 0 Å². The maximum absolute atomic E-state index is 9.67. The van der Waals surface area contributed by atoms with Crippen molar-refractivity contribution in [2.24, 2.45) is 0 Å². The minimum atomic E-state index is 0.145. The highest BCUT2D eigenvalue weighted by Gasteiger charge is 2.12. The van der Waals surface area contributed by atoms with Crippen LogP contribution in [0, 0.1) is 0 Å². The van der Waals surface area contributed by atoms with Gasteiger partial charge in [-0.25, -0.2) is 0 Å². The van der Waals surface area contributed by atoms with E-state index in [-0.39, 0.29) is 5.75 Å². The third-order valence-corrected chi connectivity index (χ3v) is 4.26. The zero-order chi connectivity index (χ0) is 16.8. The Morgan fingerprint density at radius 3 is 2.76 bits per heavy atom. The fourth-order valence-corrected chi connectivity index (χ4v) is 3.07. The van der Waals surface area contributed by atoms with Crippen LogP contribution < -0.4 is 0 Å². The van der Waals surface area contributed by atoms with Gasteiger partial charge in [-0.2, -0.15) is 5.10 Å². The van der Waals surface area contributed by atoms with Crippen molar-refractivity contribution >= 4 is 21.9 Å². The molecule has 0 aliphatic heterocycles. The van der Waals surface area contributed by atoms with E-state index in [2.05, 4.69) is 25.1 Å². The van der Waals surface area contributed by atoms with Gasteiger partial charge in [-0.05, 0) is 42.0 Å². The number of fused-ring (bicyclic) bond motifs is 2. The molecule has 5 rings (SSSR count). The van der Waals surface area contributed by atoms with Gasteiger partial charge in [-0.3, -0.25) is 15.1 Å². The van der Waals surface area contributed by atoms with Crippen LogP contribution in [0.1, 0.15) is 0 Å². The number of hydrogen-bond donors (Lipinski definition) is 3. The molecule has 0 aliphatic rings. The number of nitrogens with one attached hydrogen (secondary N) is 2. The van der Waals surface area contributed by atoms with Crippen LogP contribution in [0.25, 0.3) is 44.5 Å². The van der Waals surface area contributed by atoms with Crippen LogP contribution in [0.2, 0.25) is 0 Å². The fraction of sp³-hybridized carbons (Fsp3) is 0. The van der Waals surface area contributed by atoms with Crippen molar-refractivity contribution in [2.45, 2.75) is 0 Å². The summed E-state index contributed by atoms with van der Waals surface area (Å²) in [6.45, 7) is 0. The Labute approximate surface area is 142 Å². The highest BCUT2D eigenvalue weighted by Crippen LogP contribution is 2.31. The van der Waals surface area contributed by atoms with Crippen molar-refractivity contribution in [3.63, 3.8) is 0 Å². The van der Waals surface area contributed by atoms with E-state index in [1.54, 1.807) is 18.5 Å². The summed E-state index contributed by atoms with van der Waals surface area (Å²) in [6.07, 6.45) is 4.92. The van der Waals surface area contributed by atoms with Gasteiger partial charge in [0.2, 0.25) is 0 Å². The summed E-state index contributed by atoms with van der Waals surface area (Å²) in [5.74, 6) is 0.145.